The van der Waals surface area contributed by atoms with E-state index in [1.807, 2.05) is 18.2 Å². The van der Waals surface area contributed by atoms with Gasteiger partial charge in [-0.3, -0.25) is 4.99 Å². The summed E-state index contributed by atoms with van der Waals surface area (Å²) in [7, 11) is 0. The predicted octanol–water partition coefficient (Wildman–Crippen LogP) is 5.42. The average molecular weight is 362 g/mol. The molecule has 0 amide bonds. The molecule has 19 heavy (non-hydrogen) atoms. The normalized spacial score (nSPS) is 18.0. The van der Waals surface area contributed by atoms with Crippen LogP contribution in [0.3, 0.4) is 0 Å². The molecule has 0 spiro atoms. The SMILES string of the molecule is CCC1(CC)CN=C(Nc2ccc(Br)cc2Cl)SC1. The number of benzene rings is 1. The van der Waals surface area contributed by atoms with E-state index in [0.29, 0.717) is 10.4 Å². The van der Waals surface area contributed by atoms with E-state index in [4.69, 9.17) is 11.6 Å². The number of amidine groups is 1. The van der Waals surface area contributed by atoms with Gasteiger partial charge in [0.05, 0.1) is 10.7 Å². The second-order valence-electron chi connectivity index (χ2n) is 4.87. The summed E-state index contributed by atoms with van der Waals surface area (Å²) in [6.07, 6.45) is 2.37. The van der Waals surface area contributed by atoms with Gasteiger partial charge in [-0.2, -0.15) is 0 Å². The van der Waals surface area contributed by atoms with Crippen molar-refractivity contribution in [2.45, 2.75) is 26.7 Å². The van der Waals surface area contributed by atoms with E-state index in [2.05, 4.69) is 40.1 Å². The Balaban J connectivity index is 2.07. The van der Waals surface area contributed by atoms with E-state index in [1.54, 1.807) is 11.8 Å². The Morgan fingerprint density at radius 3 is 2.68 bits per heavy atom. The zero-order chi connectivity index (χ0) is 13.9. The van der Waals surface area contributed by atoms with Crippen LogP contribution in [0, 0.1) is 5.41 Å². The van der Waals surface area contributed by atoms with Gasteiger partial charge in [-0.05, 0) is 36.5 Å². The Bertz CT molecular complexity index is 486. The third-order valence-corrected chi connectivity index (χ3v) is 5.81. The third kappa shape index (κ3) is 3.67. The fraction of sp³-hybridized carbons (Fsp3) is 0.500. The van der Waals surface area contributed by atoms with Gasteiger partial charge in [0.15, 0.2) is 5.17 Å². The molecule has 2 nitrogen and oxygen atoms in total. The van der Waals surface area contributed by atoms with Crippen LogP contribution in [0.5, 0.6) is 0 Å². The van der Waals surface area contributed by atoms with E-state index < -0.39 is 0 Å². The van der Waals surface area contributed by atoms with Gasteiger partial charge < -0.3 is 5.32 Å². The molecule has 1 aromatic rings. The van der Waals surface area contributed by atoms with Crippen molar-refractivity contribution >= 4 is 50.1 Å². The molecular weight excluding hydrogens is 344 g/mol. The smallest absolute Gasteiger partial charge is 0.161 e. The number of nitrogens with zero attached hydrogens (tertiary/aromatic N) is 1. The molecule has 0 aromatic heterocycles. The van der Waals surface area contributed by atoms with Crippen molar-refractivity contribution in [3.63, 3.8) is 0 Å². The van der Waals surface area contributed by atoms with Crippen LogP contribution in [-0.2, 0) is 0 Å². The van der Waals surface area contributed by atoms with Gasteiger partial charge in [0.2, 0.25) is 0 Å². The van der Waals surface area contributed by atoms with Gasteiger partial charge in [0.25, 0.3) is 0 Å². The van der Waals surface area contributed by atoms with Crippen LogP contribution in [0.25, 0.3) is 0 Å². The maximum atomic E-state index is 6.20. The van der Waals surface area contributed by atoms with Gasteiger partial charge in [-0.1, -0.05) is 53.1 Å². The molecular formula is C14H18BrClN2S. The molecule has 0 radical (unpaired) electrons. The molecule has 2 rings (SSSR count). The molecule has 0 fully saturated rings. The lowest BCUT2D eigenvalue weighted by atomic mass is 9.84. The fourth-order valence-corrected chi connectivity index (χ4v) is 4.01. The second-order valence-corrected chi connectivity index (χ2v) is 7.15. The Morgan fingerprint density at radius 2 is 2.16 bits per heavy atom. The number of thioether (sulfide) groups is 1. The summed E-state index contributed by atoms with van der Waals surface area (Å²) in [4.78, 5) is 4.68. The van der Waals surface area contributed by atoms with Crippen LogP contribution in [0.2, 0.25) is 5.02 Å². The third-order valence-electron chi connectivity index (χ3n) is 3.75. The Labute approximate surface area is 132 Å². The highest BCUT2D eigenvalue weighted by molar-refractivity contribution is 9.10. The minimum absolute atomic E-state index is 0.374. The summed E-state index contributed by atoms with van der Waals surface area (Å²) in [6.45, 7) is 5.41. The zero-order valence-corrected chi connectivity index (χ0v) is 14.3. The van der Waals surface area contributed by atoms with Crippen molar-refractivity contribution in [3.05, 3.63) is 27.7 Å². The number of hydrogen-bond donors (Lipinski definition) is 1. The van der Waals surface area contributed by atoms with E-state index in [9.17, 15) is 0 Å². The second kappa shape index (κ2) is 6.51. The molecule has 1 aliphatic rings. The van der Waals surface area contributed by atoms with Crippen LogP contribution in [0.15, 0.2) is 27.7 Å². The summed E-state index contributed by atoms with van der Waals surface area (Å²) in [6, 6.07) is 5.84. The maximum absolute atomic E-state index is 6.20. The highest BCUT2D eigenvalue weighted by Gasteiger charge is 2.30. The lowest BCUT2D eigenvalue weighted by Gasteiger charge is -2.33. The summed E-state index contributed by atoms with van der Waals surface area (Å²) >= 11 is 11.4. The standard InChI is InChI=1S/C14H18BrClN2S/c1-3-14(4-2)8-17-13(19-9-14)18-12-6-5-10(15)7-11(12)16/h5-7H,3-4,8-9H2,1-2H3,(H,17,18). The first-order valence-corrected chi connectivity index (χ1v) is 8.63. The monoisotopic (exact) mass is 360 g/mol. The van der Waals surface area contributed by atoms with Crippen molar-refractivity contribution in [3.8, 4) is 0 Å². The first kappa shape index (κ1) is 15.2. The summed E-state index contributed by atoms with van der Waals surface area (Å²) in [5.41, 5.74) is 1.29. The Hall–Kier alpha value is -0.190. The minimum Gasteiger partial charge on any atom is -0.334 e. The number of anilines is 1. The summed E-state index contributed by atoms with van der Waals surface area (Å²) in [5, 5.41) is 5.01. The maximum Gasteiger partial charge on any atom is 0.161 e. The quantitative estimate of drug-likeness (QED) is 0.777. The lowest BCUT2D eigenvalue weighted by Crippen LogP contribution is -2.32. The van der Waals surface area contributed by atoms with Crippen LogP contribution in [0.1, 0.15) is 26.7 Å². The molecule has 0 saturated carbocycles. The van der Waals surface area contributed by atoms with Gasteiger partial charge in [-0.25, -0.2) is 0 Å². The highest BCUT2D eigenvalue weighted by Crippen LogP contribution is 2.36. The van der Waals surface area contributed by atoms with Gasteiger partial charge in [0, 0.05) is 16.8 Å². The molecule has 1 heterocycles. The Morgan fingerprint density at radius 1 is 1.42 bits per heavy atom. The molecule has 0 saturated heterocycles. The fourth-order valence-electron chi connectivity index (χ4n) is 2.01. The molecule has 1 aromatic carbocycles. The van der Waals surface area contributed by atoms with Crippen molar-refractivity contribution in [1.82, 2.24) is 0 Å². The first-order chi connectivity index (χ1) is 9.08. The number of aliphatic imine (C=N–C) groups is 1. The van der Waals surface area contributed by atoms with Crippen molar-refractivity contribution in [2.24, 2.45) is 10.4 Å². The molecule has 0 atom stereocenters. The number of rotatable bonds is 3. The van der Waals surface area contributed by atoms with Gasteiger partial charge >= 0.3 is 0 Å². The van der Waals surface area contributed by atoms with Crippen molar-refractivity contribution in [2.75, 3.05) is 17.6 Å². The minimum atomic E-state index is 0.374. The molecule has 104 valence electrons. The van der Waals surface area contributed by atoms with E-state index in [1.165, 1.54) is 12.8 Å². The van der Waals surface area contributed by atoms with Crippen molar-refractivity contribution < 1.29 is 0 Å². The van der Waals surface area contributed by atoms with E-state index in [-0.39, 0.29) is 0 Å². The molecule has 5 heteroatoms. The first-order valence-electron chi connectivity index (χ1n) is 6.48. The number of hydrogen-bond acceptors (Lipinski definition) is 3. The molecule has 0 unspecified atom stereocenters. The molecule has 0 bridgehead atoms. The van der Waals surface area contributed by atoms with Crippen LogP contribution < -0.4 is 5.32 Å². The van der Waals surface area contributed by atoms with Gasteiger partial charge in [-0.15, -0.1) is 0 Å². The summed E-state index contributed by atoms with van der Waals surface area (Å²) in [5.74, 6) is 1.12. The molecule has 1 aliphatic heterocycles. The zero-order valence-electron chi connectivity index (χ0n) is 11.2. The van der Waals surface area contributed by atoms with Gasteiger partial charge in [0.1, 0.15) is 0 Å². The average Bonchev–Trinajstić information content (AvgIpc) is 2.43. The van der Waals surface area contributed by atoms with E-state index >= 15 is 0 Å². The van der Waals surface area contributed by atoms with Crippen LogP contribution >= 0.6 is 39.3 Å². The van der Waals surface area contributed by atoms with E-state index in [0.717, 1.165) is 27.6 Å². The Kier molecular flexibility index (Phi) is 5.21. The summed E-state index contributed by atoms with van der Waals surface area (Å²) < 4.78 is 0.984. The molecule has 0 aliphatic carbocycles. The number of halogens is 2. The highest BCUT2D eigenvalue weighted by atomic mass is 79.9. The van der Waals surface area contributed by atoms with Crippen LogP contribution in [0.4, 0.5) is 5.69 Å². The van der Waals surface area contributed by atoms with Crippen LogP contribution in [-0.4, -0.2) is 17.5 Å². The lowest BCUT2D eigenvalue weighted by molar-refractivity contribution is 0.318. The molecule has 1 N–H and O–H groups in total. The topological polar surface area (TPSA) is 24.4 Å². The predicted molar refractivity (Wildman–Crippen MR) is 90.5 cm³/mol. The van der Waals surface area contributed by atoms with Crippen molar-refractivity contribution in [1.29, 1.82) is 0 Å². The number of nitrogens with one attached hydrogen (secondary N) is 1. The largest absolute Gasteiger partial charge is 0.334 e.